The predicted octanol–water partition coefficient (Wildman–Crippen LogP) is 15.9. The number of carbonyl (C=O) groups excluding carboxylic acids is 1. The number of amides is 1. The molecule has 314 valence electrons. The Morgan fingerprint density at radius 2 is 0.755 bits per heavy atom. The Labute approximate surface area is 334 Å². The van der Waals surface area contributed by atoms with Gasteiger partial charge < -0.3 is 10.2 Å². The number of carbonyl (C=O) groups is 1. The molecule has 0 aromatic rings. The summed E-state index contributed by atoms with van der Waals surface area (Å²) in [6.07, 6.45) is 56.8. The van der Waals surface area contributed by atoms with E-state index in [1.807, 2.05) is 0 Å². The van der Waals surface area contributed by atoms with Crippen molar-refractivity contribution in [2.24, 2.45) is 4.99 Å². The van der Waals surface area contributed by atoms with E-state index in [2.05, 4.69) is 24.1 Å². The molecule has 4 nitrogen and oxygen atoms in total. The first-order chi connectivity index (χ1) is 26.3. The van der Waals surface area contributed by atoms with Crippen LogP contribution in [0, 0.1) is 0 Å². The average Bonchev–Trinajstić information content (AvgIpc) is 3.61. The summed E-state index contributed by atoms with van der Waals surface area (Å²) in [4.78, 5) is 19.6. The van der Waals surface area contributed by atoms with E-state index in [1.54, 1.807) is 0 Å². The molecule has 1 aliphatic heterocycles. The fourth-order valence-corrected chi connectivity index (χ4v) is 8.33. The van der Waals surface area contributed by atoms with Crippen LogP contribution in [0.1, 0.15) is 277 Å². The second-order valence-corrected chi connectivity index (χ2v) is 17.2. The Bertz CT molecular complexity index is 767. The van der Waals surface area contributed by atoms with Crippen LogP contribution in [0.2, 0.25) is 0 Å². The van der Waals surface area contributed by atoms with Gasteiger partial charge >= 0.3 is 0 Å². The van der Waals surface area contributed by atoms with Crippen LogP contribution in [0.4, 0.5) is 0 Å². The minimum Gasteiger partial charge on any atom is -0.357 e. The SMILES string of the molecule is CCCCCCCCCCCCCCCCCCCCCCC1=NCCN1CCNC(=O)CCCCCCCCCCCCCCCCCCCCC. The number of unbranched alkanes of at least 4 members (excludes halogenated alkanes) is 37. The lowest BCUT2D eigenvalue weighted by Crippen LogP contribution is -2.36. The summed E-state index contributed by atoms with van der Waals surface area (Å²) in [6.45, 7) is 8.25. The van der Waals surface area contributed by atoms with Gasteiger partial charge in [0.15, 0.2) is 0 Å². The molecule has 1 heterocycles. The second-order valence-electron chi connectivity index (χ2n) is 17.2. The second kappa shape index (κ2) is 42.1. The van der Waals surface area contributed by atoms with E-state index < -0.39 is 0 Å². The highest BCUT2D eigenvalue weighted by molar-refractivity contribution is 5.83. The molecule has 1 amide bonds. The smallest absolute Gasteiger partial charge is 0.220 e. The molecule has 1 aliphatic rings. The Hall–Kier alpha value is -1.06. The summed E-state index contributed by atoms with van der Waals surface area (Å²) < 4.78 is 0. The molecule has 0 aliphatic carbocycles. The van der Waals surface area contributed by atoms with Crippen molar-refractivity contribution < 1.29 is 4.79 Å². The summed E-state index contributed by atoms with van der Waals surface area (Å²) in [5, 5.41) is 3.18. The van der Waals surface area contributed by atoms with Gasteiger partial charge in [0.25, 0.3) is 0 Å². The maximum absolute atomic E-state index is 12.4. The summed E-state index contributed by atoms with van der Waals surface area (Å²) >= 11 is 0. The number of rotatable bonds is 44. The van der Waals surface area contributed by atoms with Gasteiger partial charge in [-0.05, 0) is 12.8 Å². The van der Waals surface area contributed by atoms with Crippen LogP contribution >= 0.6 is 0 Å². The van der Waals surface area contributed by atoms with Crippen molar-refractivity contribution in [3.63, 3.8) is 0 Å². The highest BCUT2D eigenvalue weighted by Gasteiger charge is 2.16. The van der Waals surface area contributed by atoms with Crippen LogP contribution in [0.5, 0.6) is 0 Å². The highest BCUT2D eigenvalue weighted by Crippen LogP contribution is 2.17. The Morgan fingerprint density at radius 1 is 0.453 bits per heavy atom. The lowest BCUT2D eigenvalue weighted by molar-refractivity contribution is -0.121. The monoisotopic (exact) mass is 744 g/mol. The van der Waals surface area contributed by atoms with Crippen LogP contribution in [0.3, 0.4) is 0 Å². The lowest BCUT2D eigenvalue weighted by Gasteiger charge is -2.20. The zero-order valence-corrected chi connectivity index (χ0v) is 36.6. The molecular formula is C49H97N3O. The fourth-order valence-electron chi connectivity index (χ4n) is 8.33. The molecule has 0 bridgehead atoms. The van der Waals surface area contributed by atoms with Crippen LogP contribution in [0.25, 0.3) is 0 Å². The van der Waals surface area contributed by atoms with E-state index in [0.29, 0.717) is 6.42 Å². The van der Waals surface area contributed by atoms with E-state index >= 15 is 0 Å². The van der Waals surface area contributed by atoms with E-state index in [9.17, 15) is 4.79 Å². The molecule has 4 heteroatoms. The van der Waals surface area contributed by atoms with Crippen molar-refractivity contribution in [3.8, 4) is 0 Å². The maximum Gasteiger partial charge on any atom is 0.220 e. The van der Waals surface area contributed by atoms with Gasteiger partial charge in [0.1, 0.15) is 0 Å². The largest absolute Gasteiger partial charge is 0.357 e. The Morgan fingerprint density at radius 3 is 1.09 bits per heavy atom. The molecule has 0 radical (unpaired) electrons. The molecule has 53 heavy (non-hydrogen) atoms. The molecule has 0 spiro atoms. The normalized spacial score (nSPS) is 12.9. The van der Waals surface area contributed by atoms with Crippen molar-refractivity contribution >= 4 is 11.7 Å². The van der Waals surface area contributed by atoms with Gasteiger partial charge in [-0.15, -0.1) is 0 Å². The van der Waals surface area contributed by atoms with Gasteiger partial charge in [-0.1, -0.05) is 251 Å². The number of hydrogen-bond donors (Lipinski definition) is 1. The molecule has 0 aromatic carbocycles. The number of aliphatic imine (C=N–C) groups is 1. The first kappa shape index (κ1) is 50.0. The van der Waals surface area contributed by atoms with Crippen molar-refractivity contribution in [3.05, 3.63) is 0 Å². The quantitative estimate of drug-likeness (QED) is 0.0632. The zero-order chi connectivity index (χ0) is 38.0. The van der Waals surface area contributed by atoms with Crippen LogP contribution in [0.15, 0.2) is 4.99 Å². The molecule has 1 N–H and O–H groups in total. The maximum atomic E-state index is 12.4. The van der Waals surface area contributed by atoms with Crippen LogP contribution in [-0.2, 0) is 4.79 Å². The highest BCUT2D eigenvalue weighted by atomic mass is 16.1. The first-order valence-corrected chi connectivity index (χ1v) is 24.8. The third kappa shape index (κ3) is 36.3. The van der Waals surface area contributed by atoms with E-state index in [-0.39, 0.29) is 5.91 Å². The summed E-state index contributed by atoms with van der Waals surface area (Å²) in [5.41, 5.74) is 0. The standard InChI is InChI=1S/C49H97N3O/c1-3-5-7-9-11-13-15-17-19-21-23-25-26-28-30-32-34-36-38-40-42-48-50-44-46-52(48)47-45-51-49(53)43-41-39-37-35-33-31-29-27-24-22-20-18-16-14-12-10-8-6-4-2/h3-47H2,1-2H3,(H,51,53). The Kier molecular flexibility index (Phi) is 39.7. The van der Waals surface area contributed by atoms with Crippen LogP contribution in [-0.4, -0.2) is 42.8 Å². The topological polar surface area (TPSA) is 44.7 Å². The van der Waals surface area contributed by atoms with Crippen molar-refractivity contribution in [1.29, 1.82) is 0 Å². The summed E-state index contributed by atoms with van der Waals surface area (Å²) in [5.74, 6) is 1.53. The van der Waals surface area contributed by atoms with Gasteiger partial charge in [-0.3, -0.25) is 9.79 Å². The van der Waals surface area contributed by atoms with Crippen molar-refractivity contribution in [2.75, 3.05) is 26.2 Å². The lowest BCUT2D eigenvalue weighted by atomic mass is 10.0. The third-order valence-electron chi connectivity index (χ3n) is 12.0. The van der Waals surface area contributed by atoms with Crippen molar-refractivity contribution in [2.45, 2.75) is 277 Å². The summed E-state index contributed by atoms with van der Waals surface area (Å²) in [6, 6.07) is 0. The molecule has 0 fully saturated rings. The van der Waals surface area contributed by atoms with Crippen LogP contribution < -0.4 is 5.32 Å². The van der Waals surface area contributed by atoms with Gasteiger partial charge in [0.2, 0.25) is 5.91 Å². The first-order valence-electron chi connectivity index (χ1n) is 24.8. The van der Waals surface area contributed by atoms with Gasteiger partial charge in [0.05, 0.1) is 12.4 Å². The van der Waals surface area contributed by atoms with Gasteiger partial charge in [-0.2, -0.15) is 0 Å². The number of amidine groups is 1. The average molecular weight is 744 g/mol. The minimum absolute atomic E-state index is 0.240. The summed E-state index contributed by atoms with van der Waals surface area (Å²) in [7, 11) is 0. The number of nitrogens with zero attached hydrogens (tertiary/aromatic N) is 2. The molecular weight excluding hydrogens is 647 g/mol. The molecule has 0 saturated carbocycles. The number of nitrogens with one attached hydrogen (secondary N) is 1. The third-order valence-corrected chi connectivity index (χ3v) is 12.0. The molecule has 0 aromatic heterocycles. The Balaban J connectivity index is 1.79. The molecule has 0 atom stereocenters. The van der Waals surface area contributed by atoms with E-state index in [4.69, 9.17) is 4.99 Å². The van der Waals surface area contributed by atoms with Gasteiger partial charge in [0, 0.05) is 32.5 Å². The van der Waals surface area contributed by atoms with E-state index in [1.165, 1.54) is 250 Å². The molecule has 0 unspecified atom stereocenters. The molecule has 1 rings (SSSR count). The van der Waals surface area contributed by atoms with Gasteiger partial charge in [-0.25, -0.2) is 0 Å². The zero-order valence-electron chi connectivity index (χ0n) is 36.6. The van der Waals surface area contributed by atoms with E-state index in [0.717, 1.165) is 39.0 Å². The number of hydrogen-bond acceptors (Lipinski definition) is 3. The molecule has 0 saturated heterocycles. The minimum atomic E-state index is 0.240. The fraction of sp³-hybridized carbons (Fsp3) is 0.959. The van der Waals surface area contributed by atoms with Crippen molar-refractivity contribution in [1.82, 2.24) is 10.2 Å². The predicted molar refractivity (Wildman–Crippen MR) is 238 cm³/mol.